The van der Waals surface area contributed by atoms with Crippen LogP contribution in [0, 0.1) is 0 Å². The number of carbonyl (C=O) groups is 1. The van der Waals surface area contributed by atoms with Gasteiger partial charge >= 0.3 is 6.09 Å². The molecule has 0 aliphatic carbocycles. The van der Waals surface area contributed by atoms with Crippen molar-refractivity contribution >= 4 is 11.8 Å². The molecule has 0 unspecified atom stereocenters. The number of fused-ring (bicyclic) bond motifs is 2. The van der Waals surface area contributed by atoms with E-state index in [1.165, 1.54) is 4.90 Å². The van der Waals surface area contributed by atoms with Crippen LogP contribution in [0.5, 0.6) is 5.75 Å². The van der Waals surface area contributed by atoms with Gasteiger partial charge in [-0.3, -0.25) is 0 Å². The summed E-state index contributed by atoms with van der Waals surface area (Å²) >= 11 is 0. The standard InChI is InChI=1S/C12H14N2O3/c15-11-3-1-8(2-4-11)13-6-10-5-9(13)7-14(10)12(16)17/h1-4,9-10,15H,5-7H2,(H,16,17)/t9-,10-/m0/s1. The molecule has 90 valence electrons. The number of hydrogen-bond donors (Lipinski definition) is 2. The van der Waals surface area contributed by atoms with E-state index in [9.17, 15) is 9.90 Å². The number of rotatable bonds is 1. The first kappa shape index (κ1) is 10.3. The highest BCUT2D eigenvalue weighted by atomic mass is 16.4. The first-order valence-electron chi connectivity index (χ1n) is 5.70. The third-order valence-electron chi connectivity index (χ3n) is 3.67. The Labute approximate surface area is 98.9 Å². The first-order valence-corrected chi connectivity index (χ1v) is 5.70. The highest BCUT2D eigenvalue weighted by Crippen LogP contribution is 2.34. The van der Waals surface area contributed by atoms with Crippen molar-refractivity contribution in [2.75, 3.05) is 18.0 Å². The molecule has 5 heteroatoms. The minimum absolute atomic E-state index is 0.117. The van der Waals surface area contributed by atoms with Crippen molar-refractivity contribution in [3.63, 3.8) is 0 Å². The van der Waals surface area contributed by atoms with Crippen LogP contribution in [0.15, 0.2) is 24.3 Å². The number of hydrogen-bond acceptors (Lipinski definition) is 3. The molecule has 2 fully saturated rings. The zero-order chi connectivity index (χ0) is 12.0. The van der Waals surface area contributed by atoms with Gasteiger partial charge in [0.25, 0.3) is 0 Å². The van der Waals surface area contributed by atoms with E-state index in [-0.39, 0.29) is 17.8 Å². The van der Waals surface area contributed by atoms with E-state index >= 15 is 0 Å². The Balaban J connectivity index is 1.78. The van der Waals surface area contributed by atoms with Crippen molar-refractivity contribution in [1.82, 2.24) is 4.90 Å². The number of aromatic hydroxyl groups is 1. The molecule has 1 aromatic rings. The lowest BCUT2D eigenvalue weighted by Gasteiger charge is -2.34. The van der Waals surface area contributed by atoms with Gasteiger partial charge in [0.15, 0.2) is 0 Å². The largest absolute Gasteiger partial charge is 0.508 e. The molecule has 17 heavy (non-hydrogen) atoms. The van der Waals surface area contributed by atoms with E-state index in [4.69, 9.17) is 5.11 Å². The van der Waals surface area contributed by atoms with Crippen molar-refractivity contribution in [3.05, 3.63) is 24.3 Å². The number of benzene rings is 1. The smallest absolute Gasteiger partial charge is 0.407 e. The van der Waals surface area contributed by atoms with Crippen molar-refractivity contribution in [3.8, 4) is 5.75 Å². The molecule has 2 atom stereocenters. The molecule has 0 spiro atoms. The molecule has 3 rings (SSSR count). The fourth-order valence-electron chi connectivity index (χ4n) is 2.86. The second-order valence-electron chi connectivity index (χ2n) is 4.65. The molecule has 0 radical (unpaired) electrons. The Bertz CT molecular complexity index is 446. The predicted molar refractivity (Wildman–Crippen MR) is 62.4 cm³/mol. The summed E-state index contributed by atoms with van der Waals surface area (Å²) in [5, 5.41) is 18.2. The van der Waals surface area contributed by atoms with Crippen LogP contribution in [0.2, 0.25) is 0 Å². The van der Waals surface area contributed by atoms with Crippen LogP contribution in [0.25, 0.3) is 0 Å². The van der Waals surface area contributed by atoms with Crippen molar-refractivity contribution in [1.29, 1.82) is 0 Å². The molecule has 1 aromatic carbocycles. The van der Waals surface area contributed by atoms with Gasteiger partial charge in [-0.05, 0) is 30.7 Å². The molecule has 5 nitrogen and oxygen atoms in total. The quantitative estimate of drug-likeness (QED) is 0.769. The van der Waals surface area contributed by atoms with E-state index in [1.807, 2.05) is 12.1 Å². The number of phenolic OH excluding ortho intramolecular Hbond substituents is 1. The van der Waals surface area contributed by atoms with E-state index in [1.54, 1.807) is 12.1 Å². The van der Waals surface area contributed by atoms with Crippen LogP contribution in [0.3, 0.4) is 0 Å². The zero-order valence-electron chi connectivity index (χ0n) is 9.28. The normalized spacial score (nSPS) is 26.6. The first-order chi connectivity index (χ1) is 8.15. The monoisotopic (exact) mass is 234 g/mol. The fraction of sp³-hybridized carbons (Fsp3) is 0.417. The lowest BCUT2D eigenvalue weighted by Crippen LogP contribution is -2.48. The Hall–Kier alpha value is -1.91. The van der Waals surface area contributed by atoms with E-state index in [0.717, 1.165) is 18.7 Å². The number of phenols is 1. The average Bonchev–Trinajstić information content (AvgIpc) is 2.89. The second-order valence-corrected chi connectivity index (χ2v) is 4.65. The summed E-state index contributed by atoms with van der Waals surface area (Å²) in [6.07, 6.45) is 0.0931. The molecule has 2 saturated heterocycles. The van der Waals surface area contributed by atoms with Gasteiger partial charge < -0.3 is 20.0 Å². The predicted octanol–water partition coefficient (Wildman–Crippen LogP) is 1.33. The lowest BCUT2D eigenvalue weighted by molar-refractivity contribution is 0.137. The number of anilines is 1. The molecule has 2 aliphatic rings. The SMILES string of the molecule is O=C(O)N1C[C@@H]2C[C@H]1CN2c1ccc(O)cc1. The molecule has 2 bridgehead atoms. The van der Waals surface area contributed by atoms with Crippen LogP contribution in [0.1, 0.15) is 6.42 Å². The minimum Gasteiger partial charge on any atom is -0.508 e. The van der Waals surface area contributed by atoms with Crippen LogP contribution in [-0.4, -0.2) is 46.4 Å². The van der Waals surface area contributed by atoms with Crippen molar-refractivity contribution in [2.45, 2.75) is 18.5 Å². The maximum absolute atomic E-state index is 11.0. The summed E-state index contributed by atoms with van der Waals surface area (Å²) in [5.74, 6) is 0.255. The molecule has 0 saturated carbocycles. The molecule has 1 amide bonds. The van der Waals surface area contributed by atoms with E-state index < -0.39 is 6.09 Å². The summed E-state index contributed by atoms with van der Waals surface area (Å²) in [6.45, 7) is 1.34. The lowest BCUT2D eigenvalue weighted by atomic mass is 10.2. The number of piperazine rings is 1. The van der Waals surface area contributed by atoms with Gasteiger partial charge in [-0.25, -0.2) is 4.79 Å². The van der Waals surface area contributed by atoms with Crippen molar-refractivity contribution < 1.29 is 15.0 Å². The maximum Gasteiger partial charge on any atom is 0.407 e. The Kier molecular flexibility index (Phi) is 2.14. The molecule has 2 N–H and O–H groups in total. The highest BCUT2D eigenvalue weighted by Gasteiger charge is 2.45. The molecular formula is C12H14N2O3. The Morgan fingerprint density at radius 1 is 1.18 bits per heavy atom. The molecular weight excluding hydrogens is 220 g/mol. The number of carboxylic acid groups (broad SMARTS) is 1. The van der Waals surface area contributed by atoms with Crippen LogP contribution >= 0.6 is 0 Å². The van der Waals surface area contributed by atoms with Crippen molar-refractivity contribution in [2.24, 2.45) is 0 Å². The van der Waals surface area contributed by atoms with Gasteiger partial charge in [0.2, 0.25) is 0 Å². The average molecular weight is 234 g/mol. The third kappa shape index (κ3) is 1.58. The summed E-state index contributed by atoms with van der Waals surface area (Å²) in [5.41, 5.74) is 1.06. The third-order valence-corrected chi connectivity index (χ3v) is 3.67. The minimum atomic E-state index is -0.817. The molecule has 0 aromatic heterocycles. The second kappa shape index (κ2) is 3.55. The Morgan fingerprint density at radius 3 is 2.41 bits per heavy atom. The van der Waals surface area contributed by atoms with Gasteiger partial charge in [-0.2, -0.15) is 0 Å². The summed E-state index contributed by atoms with van der Waals surface area (Å²) in [4.78, 5) is 14.7. The van der Waals surface area contributed by atoms with Gasteiger partial charge in [-0.1, -0.05) is 0 Å². The van der Waals surface area contributed by atoms with Crippen LogP contribution < -0.4 is 4.90 Å². The van der Waals surface area contributed by atoms with Gasteiger partial charge in [-0.15, -0.1) is 0 Å². The van der Waals surface area contributed by atoms with Gasteiger partial charge in [0.05, 0.1) is 6.04 Å². The molecule has 2 aliphatic heterocycles. The zero-order valence-corrected chi connectivity index (χ0v) is 9.28. The topological polar surface area (TPSA) is 64.0 Å². The van der Waals surface area contributed by atoms with E-state index in [0.29, 0.717) is 6.54 Å². The summed E-state index contributed by atoms with van der Waals surface area (Å²) in [7, 11) is 0. The van der Waals surface area contributed by atoms with Gasteiger partial charge in [0, 0.05) is 24.8 Å². The van der Waals surface area contributed by atoms with E-state index in [2.05, 4.69) is 4.90 Å². The maximum atomic E-state index is 11.0. The molecule has 2 heterocycles. The number of amides is 1. The number of nitrogens with zero attached hydrogens (tertiary/aromatic N) is 2. The number of likely N-dealkylation sites (tertiary alicyclic amines) is 1. The van der Waals surface area contributed by atoms with Crippen LogP contribution in [-0.2, 0) is 0 Å². The fourth-order valence-corrected chi connectivity index (χ4v) is 2.86. The summed E-state index contributed by atoms with van der Waals surface area (Å²) in [6, 6.07) is 7.47. The highest BCUT2D eigenvalue weighted by molar-refractivity contribution is 5.67. The van der Waals surface area contributed by atoms with Gasteiger partial charge in [0.1, 0.15) is 5.75 Å². The van der Waals surface area contributed by atoms with Crippen LogP contribution in [0.4, 0.5) is 10.5 Å². The summed E-state index contributed by atoms with van der Waals surface area (Å²) < 4.78 is 0. The Morgan fingerprint density at radius 2 is 1.88 bits per heavy atom.